The zero-order valence-electron chi connectivity index (χ0n) is 49.1. The number of hydrogen-bond donors (Lipinski definition) is 15. The van der Waals surface area contributed by atoms with E-state index in [1.165, 1.54) is 24.3 Å². The molecule has 9 fully saturated rings. The van der Waals surface area contributed by atoms with E-state index in [1.807, 2.05) is 0 Å². The second-order valence-electron chi connectivity index (χ2n) is 27.2. The maximum Gasteiger partial charge on any atom is 0.338 e. The molecule has 0 amide bonds. The monoisotopic (exact) mass is 1210 g/mol. The fraction of sp³-hybridized carbons (Fsp3) is 0.850. The molecule has 4 aliphatic heterocycles. The van der Waals surface area contributed by atoms with Gasteiger partial charge in [-0.1, -0.05) is 40.7 Å². The first kappa shape index (κ1) is 65.3. The molecule has 4 heterocycles. The Bertz CT molecular complexity index is 2480. The minimum Gasteiger partial charge on any atom is -0.462 e. The van der Waals surface area contributed by atoms with Crippen molar-refractivity contribution in [2.45, 2.75) is 241 Å². The predicted octanol–water partition coefficient (Wildman–Crippen LogP) is -1.62. The number of ether oxygens (including phenoxy) is 9. The molecule has 0 aromatic heterocycles. The highest BCUT2D eigenvalue weighted by Crippen LogP contribution is 2.89. The average Bonchev–Trinajstić information content (AvgIpc) is 1.48. The predicted molar refractivity (Wildman–Crippen MR) is 291 cm³/mol. The molecule has 2 spiro atoms. The Balaban J connectivity index is 0.779. The highest BCUT2D eigenvalue weighted by molar-refractivity contribution is 5.89. The van der Waals surface area contributed by atoms with E-state index in [4.69, 9.17) is 42.6 Å². The number of carbonyl (C=O) groups excluding carboxylic acids is 1. The number of esters is 1. The second-order valence-corrected chi connectivity index (χ2v) is 27.2. The first-order valence-corrected chi connectivity index (χ1v) is 30.3. The molecule has 482 valence electrons. The van der Waals surface area contributed by atoms with Gasteiger partial charge >= 0.3 is 5.97 Å². The van der Waals surface area contributed by atoms with E-state index in [9.17, 15) is 81.4 Å². The molecule has 0 unspecified atom stereocenters. The van der Waals surface area contributed by atoms with Gasteiger partial charge in [-0.25, -0.2) is 4.79 Å². The van der Waals surface area contributed by atoms with Crippen LogP contribution in [0.4, 0.5) is 0 Å². The Hall–Kier alpha value is -2.65. The third-order valence-corrected chi connectivity index (χ3v) is 22.9. The van der Waals surface area contributed by atoms with Gasteiger partial charge in [0.15, 0.2) is 18.9 Å². The van der Waals surface area contributed by atoms with E-state index < -0.39 is 173 Å². The van der Waals surface area contributed by atoms with Crippen LogP contribution in [0.15, 0.2) is 35.9 Å². The quantitative estimate of drug-likeness (QED) is 0.0340. The van der Waals surface area contributed by atoms with Crippen LogP contribution in [0.2, 0.25) is 0 Å². The van der Waals surface area contributed by atoms with Crippen molar-refractivity contribution in [2.24, 2.45) is 50.7 Å². The Morgan fingerprint density at radius 3 is 1.59 bits per heavy atom. The molecule has 15 N–H and O–H groups in total. The van der Waals surface area contributed by atoms with Crippen molar-refractivity contribution < 1.29 is 124 Å². The molecule has 9 aliphatic rings. The summed E-state index contributed by atoms with van der Waals surface area (Å²) < 4.78 is 53.4. The topological polar surface area (TPSA) is 404 Å². The molecule has 10 rings (SSSR count). The Kier molecular flexibility index (Phi) is 19.1. The maximum atomic E-state index is 13.3. The third-order valence-electron chi connectivity index (χ3n) is 22.9. The van der Waals surface area contributed by atoms with Gasteiger partial charge in [0.1, 0.15) is 109 Å². The Morgan fingerprint density at radius 2 is 1.02 bits per heavy atom. The van der Waals surface area contributed by atoms with Gasteiger partial charge in [0.25, 0.3) is 0 Å². The van der Waals surface area contributed by atoms with E-state index in [0.717, 1.165) is 51.4 Å². The van der Waals surface area contributed by atoms with Crippen LogP contribution >= 0.6 is 0 Å². The van der Waals surface area contributed by atoms with E-state index in [2.05, 4.69) is 34.6 Å². The first-order chi connectivity index (χ1) is 40.2. The van der Waals surface area contributed by atoms with Gasteiger partial charge in [0.05, 0.1) is 38.6 Å². The lowest BCUT2D eigenvalue weighted by atomic mass is 9.41. The fourth-order valence-electron chi connectivity index (χ4n) is 17.7. The molecule has 5 aliphatic carbocycles. The first-order valence-electron chi connectivity index (χ1n) is 30.3. The Morgan fingerprint density at radius 1 is 0.553 bits per heavy atom. The van der Waals surface area contributed by atoms with Gasteiger partial charge < -0.3 is 119 Å². The standard InChI is InChI=1S/C60H92O25/c1-26(51(76)77-28-8-10-29(11-9-28)78-52-47(74)43(70)39(66)32(21-61)79-52)7-12-31(65)27(2)30-15-17-58(6)37-14-13-36-56(3,4)38(16-18-59(36)25-60(37,59)20-19-57(30,58)5)83-54-49(45(72)41(68)34(23-63)81-54)85-55-50(46(73)42(69)35(24-64)82-55)84-53-48(75)44(71)40(67)33(22-62)80-53/h7-11,27,30-50,52-55,61-75H,12-25H2,1-6H3/b26-7+/t27-,30+,31-,32+,33+,34+,35+,36-,37-,38-,39+,40+,41+,42+,43-,44-,45-,46-,47+,48+,49+,50+,52+,53-,54-,55-,57+,58-,59+,60-/m0/s1. The van der Waals surface area contributed by atoms with Crippen LogP contribution in [-0.4, -0.2) is 244 Å². The molecule has 30 atom stereocenters. The number of rotatable bonds is 18. The number of fused-ring (bicyclic) bond motifs is 2. The summed E-state index contributed by atoms with van der Waals surface area (Å²) in [6.07, 6.45) is -23.5. The van der Waals surface area contributed by atoms with Crippen LogP contribution < -0.4 is 9.47 Å². The van der Waals surface area contributed by atoms with Crippen LogP contribution in [-0.2, 0) is 38.0 Å². The summed E-state index contributed by atoms with van der Waals surface area (Å²) in [5.41, 5.74) is -0.114. The second kappa shape index (κ2) is 24.9. The highest BCUT2D eigenvalue weighted by atomic mass is 16.8. The van der Waals surface area contributed by atoms with Crippen molar-refractivity contribution >= 4 is 5.97 Å². The summed E-state index contributed by atoms with van der Waals surface area (Å²) in [5.74, 6) is 0.623. The summed E-state index contributed by atoms with van der Waals surface area (Å²) in [5, 5.41) is 159. The largest absolute Gasteiger partial charge is 0.462 e. The molecule has 4 saturated heterocycles. The molecular weight excluding hydrogens is 1120 g/mol. The zero-order valence-corrected chi connectivity index (χ0v) is 49.1. The maximum absolute atomic E-state index is 13.3. The number of hydrogen-bond acceptors (Lipinski definition) is 25. The van der Waals surface area contributed by atoms with Crippen LogP contribution in [0, 0.1) is 50.7 Å². The van der Waals surface area contributed by atoms with Crippen molar-refractivity contribution in [3.63, 3.8) is 0 Å². The van der Waals surface area contributed by atoms with Crippen molar-refractivity contribution in [1.82, 2.24) is 0 Å². The molecule has 1 aromatic rings. The molecule has 0 radical (unpaired) electrons. The molecular formula is C60H92O25. The van der Waals surface area contributed by atoms with Gasteiger partial charge in [-0.05, 0) is 146 Å². The van der Waals surface area contributed by atoms with Crippen molar-refractivity contribution in [2.75, 3.05) is 26.4 Å². The van der Waals surface area contributed by atoms with E-state index in [-0.39, 0.29) is 57.3 Å². The van der Waals surface area contributed by atoms with Crippen LogP contribution in [0.5, 0.6) is 11.5 Å². The Labute approximate surface area is 493 Å². The molecule has 5 saturated carbocycles. The number of carbonyl (C=O) groups is 1. The van der Waals surface area contributed by atoms with Crippen molar-refractivity contribution in [3.8, 4) is 11.5 Å². The van der Waals surface area contributed by atoms with Crippen LogP contribution in [0.3, 0.4) is 0 Å². The van der Waals surface area contributed by atoms with Gasteiger partial charge in [0.2, 0.25) is 6.29 Å². The number of aliphatic hydroxyl groups is 15. The molecule has 85 heavy (non-hydrogen) atoms. The van der Waals surface area contributed by atoms with Crippen LogP contribution in [0.25, 0.3) is 0 Å². The van der Waals surface area contributed by atoms with E-state index in [0.29, 0.717) is 17.9 Å². The molecule has 1 aromatic carbocycles. The minimum absolute atomic E-state index is 0.0121. The fourth-order valence-corrected chi connectivity index (χ4v) is 17.7. The number of benzene rings is 1. The summed E-state index contributed by atoms with van der Waals surface area (Å²) >= 11 is 0. The lowest BCUT2D eigenvalue weighted by Crippen LogP contribution is -2.67. The van der Waals surface area contributed by atoms with Gasteiger partial charge in [-0.3, -0.25) is 0 Å². The smallest absolute Gasteiger partial charge is 0.338 e. The summed E-state index contributed by atoms with van der Waals surface area (Å²) in [7, 11) is 0. The summed E-state index contributed by atoms with van der Waals surface area (Å²) in [4.78, 5) is 13.3. The summed E-state index contributed by atoms with van der Waals surface area (Å²) in [6, 6.07) is 5.93. The lowest BCUT2D eigenvalue weighted by molar-refractivity contribution is -0.398. The molecule has 0 bridgehead atoms. The summed E-state index contributed by atoms with van der Waals surface area (Å²) in [6.45, 7) is 10.1. The lowest BCUT2D eigenvalue weighted by Gasteiger charge is -2.63. The van der Waals surface area contributed by atoms with Gasteiger partial charge in [-0.15, -0.1) is 0 Å². The van der Waals surface area contributed by atoms with Gasteiger partial charge in [0, 0.05) is 5.57 Å². The van der Waals surface area contributed by atoms with Gasteiger partial charge in [-0.2, -0.15) is 0 Å². The molecule has 25 heteroatoms. The normalized spacial score (nSPS) is 49.3. The van der Waals surface area contributed by atoms with E-state index >= 15 is 0 Å². The van der Waals surface area contributed by atoms with Crippen molar-refractivity contribution in [1.29, 1.82) is 0 Å². The molecule has 25 nitrogen and oxygen atoms in total. The number of aliphatic hydroxyl groups excluding tert-OH is 15. The highest BCUT2D eigenvalue weighted by Gasteiger charge is 2.82. The average molecular weight is 1210 g/mol. The van der Waals surface area contributed by atoms with E-state index in [1.54, 1.807) is 13.0 Å². The zero-order chi connectivity index (χ0) is 61.6. The minimum atomic E-state index is -1.93. The SMILES string of the molecule is C/C(=C\C[C@H](O)[C@@H](C)[C@H]1CC[C@@]2(C)[C@@H]3CC[C@H]4C(C)(C)[C@@H](O[C@@H]5O[C@H](CO)[C@@H](O)[C@H](O)[C@H]5O[C@@H]5O[C@H](CO)[C@@H](O)[C@H](O)[C@H]5O[C@@H]5O[C@H](CO)[C@@H](O)[C@H](O)[C@H]5O)CC[C@@]45C[C@@]35CC[C@]12C)C(=O)Oc1ccc(O[C@@H]2O[C@H](CO)[C@@H](O)[C@H](O)[C@H]2O)cc1. The van der Waals surface area contributed by atoms with Crippen molar-refractivity contribution in [3.05, 3.63) is 35.9 Å². The van der Waals surface area contributed by atoms with Crippen LogP contribution in [0.1, 0.15) is 106 Å². The third kappa shape index (κ3) is 11.1.